The van der Waals surface area contributed by atoms with Crippen molar-refractivity contribution >= 4 is 29.6 Å². The lowest BCUT2D eigenvalue weighted by Crippen LogP contribution is -2.63. The summed E-state index contributed by atoms with van der Waals surface area (Å²) in [4.78, 5) is 72.5. The van der Waals surface area contributed by atoms with Gasteiger partial charge in [-0.05, 0) is 73.8 Å². The minimum Gasteiger partial charge on any atom is -0.479 e. The number of aliphatic carboxylic acids is 1. The third-order valence-electron chi connectivity index (χ3n) is 13.2. The van der Waals surface area contributed by atoms with Crippen LogP contribution in [0.4, 0.5) is 0 Å². The molecule has 2 aliphatic heterocycles. The van der Waals surface area contributed by atoms with Crippen LogP contribution in [-0.2, 0) is 24.0 Å². The maximum absolute atomic E-state index is 14.8. The van der Waals surface area contributed by atoms with E-state index in [1.54, 1.807) is 11.0 Å². The first-order valence-corrected chi connectivity index (χ1v) is 17.9. The second kappa shape index (κ2) is 11.8. The maximum Gasteiger partial charge on any atom is 0.330 e. The van der Waals surface area contributed by atoms with E-state index in [1.165, 1.54) is 0 Å². The summed E-state index contributed by atoms with van der Waals surface area (Å²) in [5.41, 5.74) is -3.11. The van der Waals surface area contributed by atoms with Crippen molar-refractivity contribution in [3.8, 4) is 0 Å². The zero-order valence-electron chi connectivity index (χ0n) is 30.6. The molecular formula is C37H59N5O6. The molecule has 4 amide bonds. The number of piperidine rings is 1. The molecule has 0 aromatic carbocycles. The third kappa shape index (κ3) is 5.65. The lowest BCUT2D eigenvalue weighted by atomic mass is 9.73. The highest BCUT2D eigenvalue weighted by molar-refractivity contribution is 5.98. The molecule has 0 radical (unpaired) electrons. The van der Waals surface area contributed by atoms with E-state index in [4.69, 9.17) is 0 Å². The largest absolute Gasteiger partial charge is 0.479 e. The van der Waals surface area contributed by atoms with Gasteiger partial charge in [-0.2, -0.15) is 0 Å². The van der Waals surface area contributed by atoms with Gasteiger partial charge in [-0.1, -0.05) is 67.9 Å². The van der Waals surface area contributed by atoms with E-state index in [2.05, 4.69) is 41.3 Å². The van der Waals surface area contributed by atoms with Crippen LogP contribution in [0.5, 0.6) is 0 Å². The maximum atomic E-state index is 14.8. The topological polar surface area (TPSA) is 148 Å². The minimum absolute atomic E-state index is 0.0382. The smallest absolute Gasteiger partial charge is 0.330 e. The van der Waals surface area contributed by atoms with Crippen LogP contribution in [-0.4, -0.2) is 94.9 Å². The highest BCUT2D eigenvalue weighted by atomic mass is 16.4. The van der Waals surface area contributed by atoms with Crippen LogP contribution in [0.1, 0.15) is 100 Å². The van der Waals surface area contributed by atoms with Gasteiger partial charge < -0.3 is 30.9 Å². The fraction of sp³-hybridized carbons (Fsp3) is 0.811. The van der Waals surface area contributed by atoms with Crippen molar-refractivity contribution in [1.29, 1.82) is 0 Å². The normalized spacial score (nSPS) is 33.3. The Morgan fingerprint density at radius 2 is 1.52 bits per heavy atom. The van der Waals surface area contributed by atoms with Crippen molar-refractivity contribution in [3.05, 3.63) is 12.7 Å². The molecule has 0 unspecified atom stereocenters. The fourth-order valence-electron chi connectivity index (χ4n) is 9.74. The number of hydrogen-bond donors (Lipinski definition) is 4. The van der Waals surface area contributed by atoms with Gasteiger partial charge in [-0.25, -0.2) is 4.79 Å². The van der Waals surface area contributed by atoms with Crippen molar-refractivity contribution < 1.29 is 29.1 Å². The van der Waals surface area contributed by atoms with Gasteiger partial charge in [0.1, 0.15) is 23.7 Å². The van der Waals surface area contributed by atoms with Crippen LogP contribution in [0.15, 0.2) is 12.7 Å². The quantitative estimate of drug-likeness (QED) is 0.276. The van der Waals surface area contributed by atoms with Crippen molar-refractivity contribution in [1.82, 2.24) is 25.8 Å². The number of amides is 4. The predicted octanol–water partition coefficient (Wildman–Crippen LogP) is 3.33. The Hall–Kier alpha value is -2.95. The van der Waals surface area contributed by atoms with Gasteiger partial charge in [0.2, 0.25) is 23.6 Å². The van der Waals surface area contributed by atoms with E-state index in [0.29, 0.717) is 19.5 Å². The minimum atomic E-state index is -1.42. The van der Waals surface area contributed by atoms with Gasteiger partial charge in [-0.15, -0.1) is 6.58 Å². The second-order valence-electron chi connectivity index (χ2n) is 18.4. The number of fused-ring (bicyclic) bond motifs is 1. The summed E-state index contributed by atoms with van der Waals surface area (Å²) in [5.74, 6) is -3.15. The zero-order chi connectivity index (χ0) is 35.8. The molecule has 268 valence electrons. The number of carbonyl (C=O) groups is 5. The predicted molar refractivity (Wildman–Crippen MR) is 182 cm³/mol. The Bertz CT molecular complexity index is 1370. The molecule has 5 aliphatic rings. The summed E-state index contributed by atoms with van der Waals surface area (Å²) in [6.45, 7) is 21.5. The van der Waals surface area contributed by atoms with Crippen molar-refractivity contribution in [3.63, 3.8) is 0 Å². The van der Waals surface area contributed by atoms with Gasteiger partial charge in [-0.3, -0.25) is 19.2 Å². The molecule has 0 aromatic rings. The van der Waals surface area contributed by atoms with Gasteiger partial charge in [0.15, 0.2) is 0 Å². The lowest BCUT2D eigenvalue weighted by molar-refractivity contribution is -0.147. The van der Waals surface area contributed by atoms with E-state index >= 15 is 0 Å². The molecule has 11 heteroatoms. The molecule has 11 nitrogen and oxygen atoms in total. The number of nitrogens with zero attached hydrogens (tertiary/aromatic N) is 2. The molecule has 48 heavy (non-hydrogen) atoms. The summed E-state index contributed by atoms with van der Waals surface area (Å²) >= 11 is 0. The number of hydrogen-bond acceptors (Lipinski definition) is 6. The monoisotopic (exact) mass is 669 g/mol. The molecule has 3 saturated carbocycles. The van der Waals surface area contributed by atoms with Crippen LogP contribution in [0.2, 0.25) is 0 Å². The number of carboxylic acid groups (broad SMARTS) is 1. The number of rotatable bonds is 9. The summed E-state index contributed by atoms with van der Waals surface area (Å²) in [6.07, 6.45) is 7.12. The van der Waals surface area contributed by atoms with E-state index < -0.39 is 52.3 Å². The molecule has 2 heterocycles. The highest BCUT2D eigenvalue weighted by Crippen LogP contribution is 2.88. The summed E-state index contributed by atoms with van der Waals surface area (Å²) in [7, 11) is 1.99. The first-order valence-electron chi connectivity index (χ1n) is 17.9. The summed E-state index contributed by atoms with van der Waals surface area (Å²) in [6, 6.07) is -2.75. The van der Waals surface area contributed by atoms with Crippen LogP contribution in [0, 0.1) is 38.9 Å². The average Bonchev–Trinajstić information content (AvgIpc) is 3.68. The molecular weight excluding hydrogens is 610 g/mol. The molecule has 5 fully saturated rings. The fourth-order valence-corrected chi connectivity index (χ4v) is 9.74. The van der Waals surface area contributed by atoms with Crippen molar-refractivity contribution in [2.24, 2.45) is 38.9 Å². The standard InChI is InChI=1S/C37H59N5O6/c1-11-23-18-37(23,31(47)48)40-28(44)24-19-36(34(8,9)35(36)15-13-16-35)21-42(24)30(46)26(33(5,6)7)39-29(45)25(32(2,3)4)38-27(43)22-14-12-17-41(10)20-22/h11,22-26H,1,12-21H2,2-10H3,(H,38,43)(H,39,45)(H,40,44)(H,47,48)/t22-,23-,24+,25-,26-,36-,37-/m1/s1. The Labute approximate surface area is 286 Å². The van der Waals surface area contributed by atoms with Crippen LogP contribution in [0.3, 0.4) is 0 Å². The first kappa shape index (κ1) is 36.3. The number of nitrogens with one attached hydrogen (secondary N) is 3. The third-order valence-corrected chi connectivity index (χ3v) is 13.2. The molecule has 0 bridgehead atoms. The SMILES string of the molecule is C=C[C@@H]1C[C@]1(NC(=O)[C@@H]1C[C@@]2(CN1C(=O)[C@@H](NC(=O)[C@@H](NC(=O)[C@@H]1CCCN(C)C1)C(C)(C)C)C(C)(C)C)C(C)(C)C21CCC1)C(=O)O. The van der Waals surface area contributed by atoms with E-state index in [9.17, 15) is 29.1 Å². The summed E-state index contributed by atoms with van der Waals surface area (Å²) in [5, 5.41) is 18.9. The van der Waals surface area contributed by atoms with E-state index in [1.807, 2.05) is 48.6 Å². The summed E-state index contributed by atoms with van der Waals surface area (Å²) < 4.78 is 0. The molecule has 2 saturated heterocycles. The van der Waals surface area contributed by atoms with Gasteiger partial charge in [0, 0.05) is 24.4 Å². The number of likely N-dealkylation sites (tertiary alicyclic amines) is 2. The Morgan fingerprint density at radius 1 is 0.896 bits per heavy atom. The Balaban J connectivity index is 1.42. The van der Waals surface area contributed by atoms with E-state index in [-0.39, 0.29) is 46.3 Å². The van der Waals surface area contributed by atoms with Gasteiger partial charge >= 0.3 is 5.97 Å². The van der Waals surface area contributed by atoms with Crippen LogP contribution in [0.25, 0.3) is 0 Å². The molecule has 3 aliphatic carbocycles. The number of carboxylic acids is 1. The first-order chi connectivity index (χ1) is 22.1. The van der Waals surface area contributed by atoms with Gasteiger partial charge in [0.05, 0.1) is 5.92 Å². The molecule has 5 rings (SSSR count). The Morgan fingerprint density at radius 3 is 1.98 bits per heavy atom. The van der Waals surface area contributed by atoms with Crippen molar-refractivity contribution in [2.45, 2.75) is 124 Å². The molecule has 0 aromatic heterocycles. The second-order valence-corrected chi connectivity index (χ2v) is 18.4. The highest BCUT2D eigenvalue weighted by Gasteiger charge is 2.85. The van der Waals surface area contributed by atoms with Gasteiger partial charge in [0.25, 0.3) is 0 Å². The molecule has 4 N–H and O–H groups in total. The zero-order valence-corrected chi connectivity index (χ0v) is 30.6. The number of carbonyl (C=O) groups excluding carboxylic acids is 4. The average molecular weight is 670 g/mol. The van der Waals surface area contributed by atoms with Crippen LogP contribution >= 0.6 is 0 Å². The molecule has 7 atom stereocenters. The molecule has 2 spiro atoms. The van der Waals surface area contributed by atoms with Crippen LogP contribution < -0.4 is 16.0 Å². The lowest BCUT2D eigenvalue weighted by Gasteiger charge is -2.39. The van der Waals surface area contributed by atoms with E-state index in [0.717, 1.165) is 38.6 Å². The Kier molecular flexibility index (Phi) is 8.96. The van der Waals surface area contributed by atoms with Crippen molar-refractivity contribution in [2.75, 3.05) is 26.7 Å².